The summed E-state index contributed by atoms with van der Waals surface area (Å²) in [5.41, 5.74) is -0.374. The Bertz CT molecular complexity index is 889. The largest absolute Gasteiger partial charge is 0.444 e. The highest BCUT2D eigenvalue weighted by Crippen LogP contribution is 2.35. The predicted molar refractivity (Wildman–Crippen MR) is 99.4 cm³/mol. The van der Waals surface area contributed by atoms with Gasteiger partial charge in [-0.25, -0.2) is 24.1 Å². The molecule has 2 bridgehead atoms. The zero-order valence-electron chi connectivity index (χ0n) is 15.4. The van der Waals surface area contributed by atoms with Gasteiger partial charge in [0.1, 0.15) is 23.3 Å². The molecule has 4 rings (SSSR count). The lowest BCUT2D eigenvalue weighted by molar-refractivity contribution is 0.0123. The molecule has 2 aliphatic rings. The molecule has 9 heteroatoms. The second kappa shape index (κ2) is 6.44. The molecule has 0 spiro atoms. The average Bonchev–Trinajstić information content (AvgIpc) is 2.87. The first-order valence-corrected chi connectivity index (χ1v) is 9.33. The molecule has 2 aliphatic heterocycles. The number of ether oxygens (including phenoxy) is 1. The van der Waals surface area contributed by atoms with Crippen LogP contribution in [0.4, 0.5) is 15.0 Å². The van der Waals surface area contributed by atoms with E-state index in [-0.39, 0.29) is 28.8 Å². The van der Waals surface area contributed by atoms with Gasteiger partial charge in [-0.2, -0.15) is 0 Å². The Balaban J connectivity index is 1.62. The molecule has 2 fully saturated rings. The highest BCUT2D eigenvalue weighted by molar-refractivity contribution is 6.30. The minimum absolute atomic E-state index is 0.0359. The third-order valence-electron chi connectivity index (χ3n) is 4.94. The van der Waals surface area contributed by atoms with Crippen LogP contribution in [0.15, 0.2) is 12.5 Å². The van der Waals surface area contributed by atoms with Crippen LogP contribution in [0.3, 0.4) is 0 Å². The van der Waals surface area contributed by atoms with Crippen LogP contribution in [-0.2, 0) is 4.74 Å². The fourth-order valence-electron chi connectivity index (χ4n) is 3.90. The van der Waals surface area contributed by atoms with Gasteiger partial charge in [0, 0.05) is 19.3 Å². The first-order valence-electron chi connectivity index (χ1n) is 8.95. The zero-order valence-corrected chi connectivity index (χ0v) is 16.2. The van der Waals surface area contributed by atoms with Crippen LogP contribution in [0.2, 0.25) is 5.15 Å². The molecule has 0 radical (unpaired) electrons. The van der Waals surface area contributed by atoms with Crippen molar-refractivity contribution >= 4 is 34.4 Å². The van der Waals surface area contributed by atoms with Gasteiger partial charge in [0.15, 0.2) is 11.0 Å². The van der Waals surface area contributed by atoms with Crippen molar-refractivity contribution < 1.29 is 13.9 Å². The molecule has 0 aliphatic carbocycles. The van der Waals surface area contributed by atoms with Crippen LogP contribution in [-0.4, -0.2) is 56.7 Å². The normalized spacial score (nSPS) is 22.4. The van der Waals surface area contributed by atoms with Gasteiger partial charge in [0.25, 0.3) is 0 Å². The third-order valence-corrected chi connectivity index (χ3v) is 5.21. The molecule has 2 aromatic heterocycles. The maximum absolute atomic E-state index is 14.3. The van der Waals surface area contributed by atoms with Gasteiger partial charge < -0.3 is 9.64 Å². The number of fused-ring (bicyclic) bond motifs is 3. The number of nitrogens with zero attached hydrogens (tertiary/aromatic N) is 5. The van der Waals surface area contributed by atoms with Gasteiger partial charge in [0.05, 0.1) is 17.5 Å². The topological polar surface area (TPSA) is 71.5 Å². The number of halogens is 2. The fourth-order valence-corrected chi connectivity index (χ4v) is 4.03. The summed E-state index contributed by atoms with van der Waals surface area (Å²) in [6.07, 6.45) is 4.36. The van der Waals surface area contributed by atoms with E-state index in [1.807, 2.05) is 25.7 Å². The lowest BCUT2D eigenvalue weighted by Crippen LogP contribution is -2.57. The van der Waals surface area contributed by atoms with Crippen LogP contribution in [0.25, 0.3) is 10.9 Å². The SMILES string of the molecule is CC(C)(C)OC(=O)N1[C@H]2CC[C@H]1CN(c1ncnc3c(F)c(Cl)ncc13)C2. The summed E-state index contributed by atoms with van der Waals surface area (Å²) in [4.78, 5) is 28.8. The van der Waals surface area contributed by atoms with Crippen LogP contribution in [0, 0.1) is 5.82 Å². The van der Waals surface area contributed by atoms with Crippen molar-refractivity contribution in [2.75, 3.05) is 18.0 Å². The lowest BCUT2D eigenvalue weighted by Gasteiger charge is -2.42. The first-order chi connectivity index (χ1) is 12.7. The summed E-state index contributed by atoms with van der Waals surface area (Å²) in [6.45, 7) is 6.80. The Morgan fingerprint density at radius 1 is 1.22 bits per heavy atom. The van der Waals surface area contributed by atoms with E-state index >= 15 is 0 Å². The fraction of sp³-hybridized carbons (Fsp3) is 0.556. The predicted octanol–water partition coefficient (Wildman–Crippen LogP) is 3.41. The van der Waals surface area contributed by atoms with E-state index in [2.05, 4.69) is 19.9 Å². The molecule has 2 saturated heterocycles. The van der Waals surface area contributed by atoms with Gasteiger partial charge in [-0.15, -0.1) is 0 Å². The molecule has 2 aromatic rings. The summed E-state index contributed by atoms with van der Waals surface area (Å²) in [5, 5.41) is 0.312. The van der Waals surface area contributed by atoms with Gasteiger partial charge in [-0.3, -0.25) is 4.90 Å². The number of carbonyl (C=O) groups excluding carboxylic acids is 1. The van der Waals surface area contributed by atoms with Crippen LogP contribution >= 0.6 is 11.6 Å². The number of aromatic nitrogens is 3. The number of hydrogen-bond donors (Lipinski definition) is 0. The molecule has 7 nitrogen and oxygen atoms in total. The van der Waals surface area contributed by atoms with Gasteiger partial charge in [0.2, 0.25) is 0 Å². The van der Waals surface area contributed by atoms with Gasteiger partial charge >= 0.3 is 6.09 Å². The summed E-state index contributed by atoms with van der Waals surface area (Å²) in [6, 6.07) is 0.0717. The summed E-state index contributed by atoms with van der Waals surface area (Å²) in [5.74, 6) is -0.0306. The number of piperazine rings is 1. The zero-order chi connectivity index (χ0) is 19.3. The number of amides is 1. The minimum atomic E-state index is -0.645. The van der Waals surface area contributed by atoms with E-state index in [0.717, 1.165) is 12.8 Å². The van der Waals surface area contributed by atoms with Crippen molar-refractivity contribution in [1.29, 1.82) is 0 Å². The number of carbonyl (C=O) groups is 1. The molecule has 0 aromatic carbocycles. The smallest absolute Gasteiger partial charge is 0.410 e. The Kier molecular flexibility index (Phi) is 4.33. The van der Waals surface area contributed by atoms with E-state index < -0.39 is 11.4 Å². The Labute approximate surface area is 161 Å². The van der Waals surface area contributed by atoms with E-state index in [0.29, 0.717) is 24.3 Å². The molecule has 1 amide bonds. The molecule has 4 heterocycles. The number of rotatable bonds is 1. The number of pyridine rings is 1. The third kappa shape index (κ3) is 3.26. The van der Waals surface area contributed by atoms with E-state index in [1.165, 1.54) is 12.5 Å². The van der Waals surface area contributed by atoms with E-state index in [9.17, 15) is 9.18 Å². The molecule has 0 unspecified atom stereocenters. The van der Waals surface area contributed by atoms with Gasteiger partial charge in [-0.05, 0) is 33.6 Å². The van der Waals surface area contributed by atoms with Crippen molar-refractivity contribution in [3.8, 4) is 0 Å². The summed E-state index contributed by atoms with van der Waals surface area (Å²) >= 11 is 5.77. The van der Waals surface area contributed by atoms with E-state index in [4.69, 9.17) is 16.3 Å². The number of hydrogen-bond acceptors (Lipinski definition) is 6. The first kappa shape index (κ1) is 18.2. The van der Waals surface area contributed by atoms with Crippen molar-refractivity contribution in [3.63, 3.8) is 0 Å². The Morgan fingerprint density at radius 2 is 1.89 bits per heavy atom. The average molecular weight is 394 g/mol. The van der Waals surface area contributed by atoms with Crippen molar-refractivity contribution in [2.45, 2.75) is 51.3 Å². The molecular formula is C18H21ClFN5O2. The highest BCUT2D eigenvalue weighted by atomic mass is 35.5. The Hall–Kier alpha value is -2.22. The monoisotopic (exact) mass is 393 g/mol. The molecule has 2 atom stereocenters. The molecule has 0 N–H and O–H groups in total. The Morgan fingerprint density at radius 3 is 2.52 bits per heavy atom. The second-order valence-electron chi connectivity index (χ2n) is 8.00. The van der Waals surface area contributed by atoms with Crippen LogP contribution in [0.1, 0.15) is 33.6 Å². The maximum atomic E-state index is 14.3. The number of anilines is 1. The van der Waals surface area contributed by atoms with Crippen molar-refractivity contribution in [3.05, 3.63) is 23.5 Å². The van der Waals surface area contributed by atoms with Gasteiger partial charge in [-0.1, -0.05) is 11.6 Å². The van der Waals surface area contributed by atoms with Crippen molar-refractivity contribution in [1.82, 2.24) is 19.9 Å². The summed E-state index contributed by atoms with van der Waals surface area (Å²) < 4.78 is 19.8. The molecule has 144 valence electrons. The quantitative estimate of drug-likeness (QED) is 0.691. The highest BCUT2D eigenvalue weighted by Gasteiger charge is 2.44. The lowest BCUT2D eigenvalue weighted by atomic mass is 10.1. The maximum Gasteiger partial charge on any atom is 0.410 e. The van der Waals surface area contributed by atoms with Crippen LogP contribution < -0.4 is 4.90 Å². The van der Waals surface area contributed by atoms with Crippen LogP contribution in [0.5, 0.6) is 0 Å². The second-order valence-corrected chi connectivity index (χ2v) is 8.36. The molecule has 27 heavy (non-hydrogen) atoms. The summed E-state index contributed by atoms with van der Waals surface area (Å²) in [7, 11) is 0. The molecule has 0 saturated carbocycles. The molecular weight excluding hydrogens is 373 g/mol. The minimum Gasteiger partial charge on any atom is -0.444 e. The van der Waals surface area contributed by atoms with E-state index in [1.54, 1.807) is 0 Å². The standard InChI is InChI=1S/C18H21ClFN5O2/c1-18(2,3)27-17(26)25-10-4-5-11(25)8-24(7-10)16-12-6-21-15(19)13(20)14(12)22-9-23-16/h6,9-11H,4-5,7-8H2,1-3H3/t10-,11-/m0/s1. The van der Waals surface area contributed by atoms with Crippen molar-refractivity contribution in [2.24, 2.45) is 0 Å².